The van der Waals surface area contributed by atoms with E-state index >= 15 is 0 Å². The van der Waals surface area contributed by atoms with Crippen LogP contribution in [0.2, 0.25) is 0 Å². The van der Waals surface area contributed by atoms with Gasteiger partial charge >= 0.3 is 5.97 Å². The zero-order valence-electron chi connectivity index (χ0n) is 11.6. The summed E-state index contributed by atoms with van der Waals surface area (Å²) in [4.78, 5) is 28.6. The van der Waals surface area contributed by atoms with Gasteiger partial charge in [-0.25, -0.2) is 4.98 Å². The molecule has 0 aliphatic heterocycles. The fraction of sp³-hybridized carbons (Fsp3) is 0.0667. The van der Waals surface area contributed by atoms with Crippen molar-refractivity contribution < 1.29 is 14.5 Å². The van der Waals surface area contributed by atoms with Gasteiger partial charge in [-0.2, -0.15) is 0 Å². The Morgan fingerprint density at radius 3 is 2.59 bits per heavy atom. The molecular formula is C15H11N3O4. The molecule has 7 nitrogen and oxygen atoms in total. The number of aromatic amines is 1. The van der Waals surface area contributed by atoms with E-state index in [0.717, 1.165) is 5.56 Å². The van der Waals surface area contributed by atoms with Gasteiger partial charge in [0.2, 0.25) is 0 Å². The van der Waals surface area contributed by atoms with E-state index in [1.807, 2.05) is 0 Å². The van der Waals surface area contributed by atoms with Gasteiger partial charge in [-0.15, -0.1) is 0 Å². The van der Waals surface area contributed by atoms with Crippen LogP contribution in [0.1, 0.15) is 6.92 Å². The van der Waals surface area contributed by atoms with Crippen molar-refractivity contribution in [3.8, 4) is 17.1 Å². The van der Waals surface area contributed by atoms with Gasteiger partial charge in [-0.1, -0.05) is 0 Å². The van der Waals surface area contributed by atoms with Crippen LogP contribution in [-0.2, 0) is 4.79 Å². The van der Waals surface area contributed by atoms with Gasteiger partial charge in [0, 0.05) is 24.6 Å². The van der Waals surface area contributed by atoms with Crippen LogP contribution < -0.4 is 4.74 Å². The van der Waals surface area contributed by atoms with E-state index in [1.54, 1.807) is 30.3 Å². The lowest BCUT2D eigenvalue weighted by Crippen LogP contribution is -2.00. The molecule has 1 aromatic heterocycles. The first-order chi connectivity index (χ1) is 10.5. The van der Waals surface area contributed by atoms with E-state index < -0.39 is 4.92 Å². The fourth-order valence-corrected chi connectivity index (χ4v) is 2.09. The number of rotatable bonds is 3. The average molecular weight is 297 g/mol. The smallest absolute Gasteiger partial charge is 0.308 e. The fourth-order valence-electron chi connectivity index (χ4n) is 2.09. The van der Waals surface area contributed by atoms with Crippen molar-refractivity contribution in [3.05, 3.63) is 52.6 Å². The number of imidazole rings is 1. The largest absolute Gasteiger partial charge is 0.427 e. The number of nitro benzene ring substituents is 1. The molecule has 0 fully saturated rings. The minimum Gasteiger partial charge on any atom is -0.427 e. The number of hydrogen-bond donors (Lipinski definition) is 1. The summed E-state index contributed by atoms with van der Waals surface area (Å²) in [5, 5.41) is 10.8. The number of nitrogens with zero attached hydrogens (tertiary/aromatic N) is 2. The topological polar surface area (TPSA) is 98.1 Å². The standard InChI is InChI=1S/C15H11N3O4/c1-9(19)22-12-5-2-10(3-6-12)15-16-13-7-4-11(18(20)21)8-14(13)17-15/h2-8H,1H3,(H,16,17). The lowest BCUT2D eigenvalue weighted by Gasteiger charge is -2.01. The van der Waals surface area contributed by atoms with Gasteiger partial charge < -0.3 is 9.72 Å². The van der Waals surface area contributed by atoms with Crippen LogP contribution in [0.25, 0.3) is 22.4 Å². The first kappa shape index (κ1) is 13.7. The molecule has 3 aromatic rings. The molecule has 0 saturated carbocycles. The summed E-state index contributed by atoms with van der Waals surface area (Å²) in [5.41, 5.74) is 2.03. The van der Waals surface area contributed by atoms with Gasteiger partial charge in [-0.05, 0) is 30.3 Å². The molecular weight excluding hydrogens is 286 g/mol. The number of hydrogen-bond acceptors (Lipinski definition) is 5. The van der Waals surface area contributed by atoms with Crippen LogP contribution in [0.5, 0.6) is 5.75 Å². The van der Waals surface area contributed by atoms with Gasteiger partial charge in [0.05, 0.1) is 16.0 Å². The molecule has 0 unspecified atom stereocenters. The number of ether oxygens (including phenoxy) is 1. The number of benzene rings is 2. The summed E-state index contributed by atoms with van der Waals surface area (Å²) in [6.45, 7) is 1.33. The van der Waals surface area contributed by atoms with Crippen molar-refractivity contribution in [2.45, 2.75) is 6.92 Å². The van der Waals surface area contributed by atoms with Crippen LogP contribution in [-0.4, -0.2) is 20.9 Å². The molecule has 0 saturated heterocycles. The number of nitrogens with one attached hydrogen (secondary N) is 1. The number of aromatic nitrogens is 2. The summed E-state index contributed by atoms with van der Waals surface area (Å²) in [7, 11) is 0. The molecule has 7 heteroatoms. The maximum absolute atomic E-state index is 10.9. The minimum absolute atomic E-state index is 0.00732. The lowest BCUT2D eigenvalue weighted by molar-refractivity contribution is -0.384. The lowest BCUT2D eigenvalue weighted by atomic mass is 10.2. The van der Waals surface area contributed by atoms with Crippen LogP contribution in [0.3, 0.4) is 0 Å². The van der Waals surface area contributed by atoms with Crippen molar-refractivity contribution in [2.75, 3.05) is 0 Å². The van der Waals surface area contributed by atoms with Gasteiger partial charge in [0.15, 0.2) is 0 Å². The Bertz CT molecular complexity index is 868. The summed E-state index contributed by atoms with van der Waals surface area (Å²) in [6.07, 6.45) is 0. The minimum atomic E-state index is -0.451. The van der Waals surface area contributed by atoms with E-state index in [4.69, 9.17) is 4.74 Å². The Balaban J connectivity index is 1.95. The van der Waals surface area contributed by atoms with Crippen molar-refractivity contribution >= 4 is 22.7 Å². The maximum atomic E-state index is 10.9. The van der Waals surface area contributed by atoms with Crippen LogP contribution >= 0.6 is 0 Å². The summed E-state index contributed by atoms with van der Waals surface area (Å²) in [5.74, 6) is 0.650. The average Bonchev–Trinajstić information content (AvgIpc) is 2.90. The third-order valence-corrected chi connectivity index (χ3v) is 3.07. The third kappa shape index (κ3) is 2.64. The van der Waals surface area contributed by atoms with E-state index in [0.29, 0.717) is 22.6 Å². The van der Waals surface area contributed by atoms with E-state index in [2.05, 4.69) is 9.97 Å². The predicted molar refractivity (Wildman–Crippen MR) is 79.5 cm³/mol. The Morgan fingerprint density at radius 1 is 1.23 bits per heavy atom. The quantitative estimate of drug-likeness (QED) is 0.347. The Labute approximate surface area is 124 Å². The molecule has 0 aliphatic carbocycles. The highest BCUT2D eigenvalue weighted by Gasteiger charge is 2.10. The molecule has 0 aliphatic rings. The number of nitro groups is 1. The molecule has 110 valence electrons. The normalized spacial score (nSPS) is 10.6. The summed E-state index contributed by atoms with van der Waals surface area (Å²) < 4.78 is 4.96. The monoisotopic (exact) mass is 297 g/mol. The van der Waals surface area contributed by atoms with Crippen LogP contribution in [0.15, 0.2) is 42.5 Å². The van der Waals surface area contributed by atoms with Gasteiger partial charge in [0.1, 0.15) is 11.6 Å². The molecule has 0 bridgehead atoms. The second-order valence-electron chi connectivity index (χ2n) is 4.66. The zero-order valence-corrected chi connectivity index (χ0v) is 11.6. The molecule has 1 N–H and O–H groups in total. The summed E-state index contributed by atoms with van der Waals surface area (Å²) in [6, 6.07) is 11.3. The highest BCUT2D eigenvalue weighted by atomic mass is 16.6. The van der Waals surface area contributed by atoms with Crippen LogP contribution in [0, 0.1) is 10.1 Å². The number of non-ortho nitro benzene ring substituents is 1. The van der Waals surface area contributed by atoms with E-state index in [-0.39, 0.29) is 11.7 Å². The zero-order chi connectivity index (χ0) is 15.7. The van der Waals surface area contributed by atoms with Gasteiger partial charge in [0.25, 0.3) is 5.69 Å². The number of esters is 1. The van der Waals surface area contributed by atoms with E-state index in [9.17, 15) is 14.9 Å². The third-order valence-electron chi connectivity index (χ3n) is 3.07. The van der Waals surface area contributed by atoms with Crippen molar-refractivity contribution in [1.82, 2.24) is 9.97 Å². The van der Waals surface area contributed by atoms with Crippen LogP contribution in [0.4, 0.5) is 5.69 Å². The predicted octanol–water partition coefficient (Wildman–Crippen LogP) is 3.06. The molecule has 22 heavy (non-hydrogen) atoms. The van der Waals surface area contributed by atoms with E-state index in [1.165, 1.54) is 19.1 Å². The highest BCUT2D eigenvalue weighted by Crippen LogP contribution is 2.25. The molecule has 3 rings (SSSR count). The Morgan fingerprint density at radius 2 is 1.95 bits per heavy atom. The number of carbonyl (C=O) groups is 1. The SMILES string of the molecule is CC(=O)Oc1ccc(-c2nc3ccc([N+](=O)[O-])cc3[nH]2)cc1. The molecule has 0 amide bonds. The maximum Gasteiger partial charge on any atom is 0.308 e. The first-order valence-corrected chi connectivity index (χ1v) is 6.46. The number of fused-ring (bicyclic) bond motifs is 1. The Kier molecular flexibility index (Phi) is 3.30. The molecule has 0 radical (unpaired) electrons. The first-order valence-electron chi connectivity index (χ1n) is 6.46. The Hall–Kier alpha value is -3.22. The molecule has 2 aromatic carbocycles. The molecule has 1 heterocycles. The molecule has 0 spiro atoms. The number of carbonyl (C=O) groups excluding carboxylic acids is 1. The van der Waals surface area contributed by atoms with Gasteiger partial charge in [-0.3, -0.25) is 14.9 Å². The second-order valence-corrected chi connectivity index (χ2v) is 4.66. The summed E-state index contributed by atoms with van der Waals surface area (Å²) >= 11 is 0. The second kappa shape index (κ2) is 5.28. The van der Waals surface area contributed by atoms with Crippen molar-refractivity contribution in [1.29, 1.82) is 0 Å². The highest BCUT2D eigenvalue weighted by molar-refractivity contribution is 5.81. The van der Waals surface area contributed by atoms with Crippen molar-refractivity contribution in [3.63, 3.8) is 0 Å². The van der Waals surface area contributed by atoms with Crippen molar-refractivity contribution in [2.24, 2.45) is 0 Å². The molecule has 0 atom stereocenters. The number of H-pyrrole nitrogens is 1.